The molecule has 0 bridgehead atoms. The van der Waals surface area contributed by atoms with Crippen LogP contribution in [0, 0.1) is 23.2 Å². The smallest absolute Gasteiger partial charge is 0.219 e. The highest BCUT2D eigenvalue weighted by molar-refractivity contribution is 5.75. The van der Waals surface area contributed by atoms with Gasteiger partial charge in [-0.05, 0) is 109 Å². The lowest BCUT2D eigenvalue weighted by molar-refractivity contribution is -0.120. The number of ether oxygens (including phenoxy) is 1. The topological polar surface area (TPSA) is 58.6 Å². The van der Waals surface area contributed by atoms with Gasteiger partial charge in [-0.1, -0.05) is 68.3 Å². The van der Waals surface area contributed by atoms with Gasteiger partial charge in [0.1, 0.15) is 12.4 Å². The lowest BCUT2D eigenvalue weighted by Gasteiger charge is -2.52. The van der Waals surface area contributed by atoms with Crippen LogP contribution < -0.4 is 10.1 Å². The van der Waals surface area contributed by atoms with E-state index in [1.165, 1.54) is 36.0 Å². The average Bonchev–Trinajstić information content (AvgIpc) is 3.27. The molecule has 3 aliphatic carbocycles. The van der Waals surface area contributed by atoms with Crippen LogP contribution in [0.15, 0.2) is 60.7 Å². The fraction of sp³-hybridized carbons (Fsp3) is 0.571. The summed E-state index contributed by atoms with van der Waals surface area (Å²) in [6.45, 7) is 2.96. The van der Waals surface area contributed by atoms with Gasteiger partial charge >= 0.3 is 0 Å². The van der Waals surface area contributed by atoms with E-state index in [2.05, 4.69) is 66.9 Å². The molecule has 2 N–H and O–H groups in total. The number of hydrogen-bond donors (Lipinski definition) is 2. The molecule has 5 rings (SSSR count). The van der Waals surface area contributed by atoms with Gasteiger partial charge in [-0.15, -0.1) is 0 Å². The third kappa shape index (κ3) is 6.27. The number of unbranched alkanes of at least 4 members (excludes halogenated alkanes) is 4. The summed E-state index contributed by atoms with van der Waals surface area (Å²) in [4.78, 5) is 11.4. The minimum Gasteiger partial charge on any atom is -0.489 e. The number of carbonyl (C=O) groups is 1. The second-order valence-electron chi connectivity index (χ2n) is 12.5. The SMILES string of the molecule is CNC(=O)CCCCCCC=C[C@H]1Cc2cc(OCc3ccccc3)ccc2C2CC[C@@]3(C)C(CC[C@@H]3O)C21. The summed E-state index contributed by atoms with van der Waals surface area (Å²) in [6.07, 6.45) is 16.5. The van der Waals surface area contributed by atoms with Crippen molar-refractivity contribution in [3.8, 4) is 5.75 Å². The summed E-state index contributed by atoms with van der Waals surface area (Å²) in [5.41, 5.74) is 4.23. The van der Waals surface area contributed by atoms with Crippen molar-refractivity contribution in [1.82, 2.24) is 5.32 Å². The monoisotopic (exact) mass is 529 g/mol. The van der Waals surface area contributed by atoms with Crippen LogP contribution in [0.1, 0.15) is 93.7 Å². The highest BCUT2D eigenvalue weighted by Gasteiger charge is 2.56. The van der Waals surface area contributed by atoms with Gasteiger partial charge in [-0.3, -0.25) is 4.79 Å². The molecular formula is C35H47NO3. The molecule has 0 aromatic heterocycles. The summed E-state index contributed by atoms with van der Waals surface area (Å²) in [7, 11) is 1.71. The zero-order valence-corrected chi connectivity index (χ0v) is 23.9. The van der Waals surface area contributed by atoms with Crippen molar-refractivity contribution < 1.29 is 14.6 Å². The second kappa shape index (κ2) is 12.7. The molecule has 2 saturated carbocycles. The molecule has 39 heavy (non-hydrogen) atoms. The van der Waals surface area contributed by atoms with E-state index in [9.17, 15) is 9.90 Å². The first-order valence-electron chi connectivity index (χ1n) is 15.3. The van der Waals surface area contributed by atoms with Crippen LogP contribution in [-0.4, -0.2) is 24.2 Å². The number of carbonyl (C=O) groups excluding carboxylic acids is 1. The third-order valence-corrected chi connectivity index (χ3v) is 10.2. The number of benzene rings is 2. The molecule has 3 unspecified atom stereocenters. The number of hydrogen-bond acceptors (Lipinski definition) is 3. The number of nitrogens with one attached hydrogen (secondary N) is 1. The Bertz CT molecular complexity index is 1130. The van der Waals surface area contributed by atoms with Crippen LogP contribution >= 0.6 is 0 Å². The van der Waals surface area contributed by atoms with Crippen molar-refractivity contribution in [2.24, 2.45) is 23.2 Å². The lowest BCUT2D eigenvalue weighted by Crippen LogP contribution is -2.46. The van der Waals surface area contributed by atoms with Crippen molar-refractivity contribution in [2.75, 3.05) is 7.05 Å². The largest absolute Gasteiger partial charge is 0.489 e. The zero-order valence-electron chi connectivity index (χ0n) is 23.9. The minimum atomic E-state index is -0.155. The first-order chi connectivity index (χ1) is 19.0. The van der Waals surface area contributed by atoms with E-state index in [1.807, 2.05) is 6.07 Å². The molecule has 0 heterocycles. The van der Waals surface area contributed by atoms with Crippen molar-refractivity contribution >= 4 is 5.91 Å². The summed E-state index contributed by atoms with van der Waals surface area (Å²) in [5, 5.41) is 13.7. The molecule has 0 spiro atoms. The van der Waals surface area contributed by atoms with E-state index >= 15 is 0 Å². The Morgan fingerprint density at radius 1 is 1.08 bits per heavy atom. The van der Waals surface area contributed by atoms with Gasteiger partial charge in [0.2, 0.25) is 5.91 Å². The lowest BCUT2D eigenvalue weighted by atomic mass is 9.52. The first-order valence-corrected chi connectivity index (χ1v) is 15.3. The highest BCUT2D eigenvalue weighted by atomic mass is 16.5. The predicted octanol–water partition coefficient (Wildman–Crippen LogP) is 7.35. The van der Waals surface area contributed by atoms with E-state index < -0.39 is 0 Å². The summed E-state index contributed by atoms with van der Waals surface area (Å²) < 4.78 is 6.22. The fourth-order valence-electron chi connectivity index (χ4n) is 7.96. The highest BCUT2D eigenvalue weighted by Crippen LogP contribution is 2.62. The van der Waals surface area contributed by atoms with Gasteiger partial charge < -0.3 is 15.2 Å². The van der Waals surface area contributed by atoms with E-state index in [4.69, 9.17) is 4.74 Å². The molecule has 0 aliphatic heterocycles. The van der Waals surface area contributed by atoms with Crippen LogP contribution in [0.25, 0.3) is 0 Å². The van der Waals surface area contributed by atoms with Crippen molar-refractivity contribution in [3.63, 3.8) is 0 Å². The van der Waals surface area contributed by atoms with Crippen LogP contribution in [0.3, 0.4) is 0 Å². The summed E-state index contributed by atoms with van der Waals surface area (Å²) in [6, 6.07) is 17.2. The third-order valence-electron chi connectivity index (χ3n) is 10.2. The standard InChI is InChI=1S/C35H47NO3/c1-35-21-20-30-29-17-16-28(39-24-25-12-8-7-9-13-25)23-27(29)22-26(34(30)31(35)18-19-32(35)37)14-10-5-3-4-6-11-15-33(38)36-2/h7-10,12-14,16-17,23,26,30-32,34,37H,3-6,11,15,18-22,24H2,1-2H3,(H,36,38)/t26-,30?,31?,32-,34?,35-/m0/s1. The quantitative estimate of drug-likeness (QED) is 0.236. The average molecular weight is 530 g/mol. The Hall–Kier alpha value is -2.59. The first kappa shape index (κ1) is 28.0. The Morgan fingerprint density at radius 2 is 1.90 bits per heavy atom. The molecular weight excluding hydrogens is 482 g/mol. The van der Waals surface area contributed by atoms with Gasteiger partial charge in [-0.25, -0.2) is 0 Å². The number of fused-ring (bicyclic) bond motifs is 5. The number of allylic oxidation sites excluding steroid dienone is 2. The van der Waals surface area contributed by atoms with Crippen molar-refractivity contribution in [2.45, 2.75) is 96.2 Å². The van der Waals surface area contributed by atoms with Crippen LogP contribution in [0.2, 0.25) is 0 Å². The molecule has 0 radical (unpaired) electrons. The Labute approximate surface area is 235 Å². The molecule has 4 heteroatoms. The number of aliphatic hydroxyl groups excluding tert-OH is 1. The summed E-state index contributed by atoms with van der Waals surface area (Å²) >= 11 is 0. The van der Waals surface area contributed by atoms with Crippen LogP contribution in [0.5, 0.6) is 5.75 Å². The molecule has 4 nitrogen and oxygen atoms in total. The number of amides is 1. The molecule has 6 atom stereocenters. The Balaban J connectivity index is 1.28. The second-order valence-corrected chi connectivity index (χ2v) is 12.5. The van der Waals surface area contributed by atoms with E-state index in [0.29, 0.717) is 36.7 Å². The zero-order chi connectivity index (χ0) is 27.2. The number of rotatable bonds is 11. The Morgan fingerprint density at radius 3 is 2.72 bits per heavy atom. The number of aliphatic hydroxyl groups is 1. The van der Waals surface area contributed by atoms with Gasteiger partial charge in [0.25, 0.3) is 0 Å². The van der Waals surface area contributed by atoms with E-state index in [0.717, 1.165) is 50.7 Å². The van der Waals surface area contributed by atoms with E-state index in [-0.39, 0.29) is 17.4 Å². The normalized spacial score (nSPS) is 29.5. The van der Waals surface area contributed by atoms with Crippen molar-refractivity contribution in [1.29, 1.82) is 0 Å². The maximum Gasteiger partial charge on any atom is 0.219 e. The minimum absolute atomic E-state index is 0.0638. The predicted molar refractivity (Wildman–Crippen MR) is 158 cm³/mol. The molecule has 2 aromatic rings. The van der Waals surface area contributed by atoms with Crippen molar-refractivity contribution in [3.05, 3.63) is 77.4 Å². The fourth-order valence-corrected chi connectivity index (χ4v) is 7.96. The maximum atomic E-state index is 11.4. The maximum absolute atomic E-state index is 11.4. The molecule has 1 amide bonds. The van der Waals surface area contributed by atoms with Gasteiger partial charge in [0.15, 0.2) is 0 Å². The molecule has 2 aromatic carbocycles. The van der Waals surface area contributed by atoms with Gasteiger partial charge in [-0.2, -0.15) is 0 Å². The van der Waals surface area contributed by atoms with E-state index in [1.54, 1.807) is 7.05 Å². The molecule has 2 fully saturated rings. The van der Waals surface area contributed by atoms with Gasteiger partial charge in [0, 0.05) is 13.5 Å². The summed E-state index contributed by atoms with van der Waals surface area (Å²) in [5.74, 6) is 3.38. The Kier molecular flexibility index (Phi) is 9.12. The molecule has 3 aliphatic rings. The van der Waals surface area contributed by atoms with Crippen LogP contribution in [0.4, 0.5) is 0 Å². The van der Waals surface area contributed by atoms with Crippen LogP contribution in [-0.2, 0) is 17.8 Å². The molecule has 210 valence electrons. The van der Waals surface area contributed by atoms with Gasteiger partial charge in [0.05, 0.1) is 6.10 Å². The molecule has 0 saturated heterocycles.